The summed E-state index contributed by atoms with van der Waals surface area (Å²) in [4.78, 5) is 48.7. The summed E-state index contributed by atoms with van der Waals surface area (Å²) in [5.74, 6) is -1.37. The topological polar surface area (TPSA) is 99.4 Å². The van der Waals surface area contributed by atoms with E-state index in [-0.39, 0.29) is 6.54 Å². The molecule has 0 bridgehead atoms. The molecule has 3 rings (SSSR count). The quantitative estimate of drug-likeness (QED) is 0.599. The molecule has 0 saturated heterocycles. The number of carbonyl (C=O) groups excluding carboxylic acids is 2. The SMILES string of the molecule is Cc1ccccc1NC(=O)COC(=O)Cn1c(=O)ccn(Cc2ccccc2)c1=O. The van der Waals surface area contributed by atoms with E-state index in [0.717, 1.165) is 15.7 Å². The second kappa shape index (κ2) is 9.51. The highest BCUT2D eigenvalue weighted by Gasteiger charge is 2.13. The van der Waals surface area contributed by atoms with Gasteiger partial charge in [0.15, 0.2) is 6.61 Å². The lowest BCUT2D eigenvalue weighted by Crippen LogP contribution is -2.41. The van der Waals surface area contributed by atoms with Crippen LogP contribution in [-0.2, 0) is 27.4 Å². The number of nitrogens with zero attached hydrogens (tertiary/aromatic N) is 2. The van der Waals surface area contributed by atoms with E-state index in [1.807, 2.05) is 49.4 Å². The third kappa shape index (κ3) is 5.32. The van der Waals surface area contributed by atoms with Crippen molar-refractivity contribution in [2.45, 2.75) is 20.0 Å². The molecule has 0 aliphatic rings. The van der Waals surface area contributed by atoms with Crippen molar-refractivity contribution in [2.75, 3.05) is 11.9 Å². The van der Waals surface area contributed by atoms with Gasteiger partial charge in [0.2, 0.25) is 0 Å². The Kier molecular flexibility index (Phi) is 6.59. The predicted molar refractivity (Wildman–Crippen MR) is 111 cm³/mol. The molecule has 1 heterocycles. The van der Waals surface area contributed by atoms with Gasteiger partial charge >= 0.3 is 11.7 Å². The van der Waals surface area contributed by atoms with Gasteiger partial charge in [-0.15, -0.1) is 0 Å². The van der Waals surface area contributed by atoms with Gasteiger partial charge in [-0.3, -0.25) is 19.0 Å². The van der Waals surface area contributed by atoms with Gasteiger partial charge in [0, 0.05) is 18.0 Å². The lowest BCUT2D eigenvalue weighted by Gasteiger charge is -2.11. The summed E-state index contributed by atoms with van der Waals surface area (Å²) >= 11 is 0. The normalized spacial score (nSPS) is 10.4. The second-order valence-corrected chi connectivity index (χ2v) is 6.66. The Morgan fingerprint density at radius 3 is 2.40 bits per heavy atom. The molecular weight excluding hydrogens is 386 g/mol. The molecule has 0 fully saturated rings. The van der Waals surface area contributed by atoms with Gasteiger partial charge in [0.25, 0.3) is 11.5 Å². The molecule has 8 heteroatoms. The number of amides is 1. The number of rotatable bonds is 7. The van der Waals surface area contributed by atoms with Crippen LogP contribution in [0.5, 0.6) is 0 Å². The average Bonchev–Trinajstić information content (AvgIpc) is 2.74. The van der Waals surface area contributed by atoms with E-state index < -0.39 is 36.3 Å². The van der Waals surface area contributed by atoms with E-state index in [1.54, 1.807) is 12.1 Å². The molecule has 1 N–H and O–H groups in total. The molecule has 0 unspecified atom stereocenters. The first kappa shape index (κ1) is 20.8. The van der Waals surface area contributed by atoms with Crippen LogP contribution in [0.4, 0.5) is 5.69 Å². The number of aryl methyl sites for hydroxylation is 1. The van der Waals surface area contributed by atoms with Crippen LogP contribution < -0.4 is 16.6 Å². The van der Waals surface area contributed by atoms with Crippen LogP contribution >= 0.6 is 0 Å². The van der Waals surface area contributed by atoms with Gasteiger partial charge in [0.05, 0.1) is 6.54 Å². The number of para-hydroxylation sites is 1. The summed E-state index contributed by atoms with van der Waals surface area (Å²) < 4.78 is 7.04. The van der Waals surface area contributed by atoms with Crippen molar-refractivity contribution in [2.24, 2.45) is 0 Å². The summed E-state index contributed by atoms with van der Waals surface area (Å²) in [6, 6.07) is 17.6. The summed E-state index contributed by atoms with van der Waals surface area (Å²) in [6.07, 6.45) is 1.38. The number of esters is 1. The van der Waals surface area contributed by atoms with Crippen LogP contribution in [0.3, 0.4) is 0 Å². The Balaban J connectivity index is 1.63. The molecular formula is C22H21N3O5. The molecule has 1 amide bonds. The third-order valence-corrected chi connectivity index (χ3v) is 4.41. The maximum atomic E-state index is 12.6. The van der Waals surface area contributed by atoms with Crippen LogP contribution in [-0.4, -0.2) is 27.6 Å². The Morgan fingerprint density at radius 2 is 1.67 bits per heavy atom. The summed E-state index contributed by atoms with van der Waals surface area (Å²) in [6.45, 7) is 0.996. The molecule has 0 atom stereocenters. The Labute approximate surface area is 172 Å². The van der Waals surface area contributed by atoms with E-state index in [0.29, 0.717) is 5.69 Å². The van der Waals surface area contributed by atoms with Crippen molar-refractivity contribution < 1.29 is 14.3 Å². The smallest absolute Gasteiger partial charge is 0.331 e. The fourth-order valence-electron chi connectivity index (χ4n) is 2.82. The van der Waals surface area contributed by atoms with Gasteiger partial charge < -0.3 is 10.1 Å². The zero-order chi connectivity index (χ0) is 21.5. The minimum Gasteiger partial charge on any atom is -0.454 e. The van der Waals surface area contributed by atoms with Crippen LogP contribution in [0.15, 0.2) is 76.4 Å². The van der Waals surface area contributed by atoms with E-state index in [4.69, 9.17) is 4.74 Å². The maximum Gasteiger partial charge on any atom is 0.331 e. The standard InChI is InChI=1S/C22H21N3O5/c1-16-7-5-6-10-18(16)23-19(26)15-30-21(28)14-25-20(27)11-12-24(22(25)29)13-17-8-3-2-4-9-17/h2-12H,13-15H2,1H3,(H,23,26). The largest absolute Gasteiger partial charge is 0.454 e. The van der Waals surface area contributed by atoms with Crippen molar-refractivity contribution in [1.82, 2.24) is 9.13 Å². The van der Waals surface area contributed by atoms with Crippen molar-refractivity contribution in [3.05, 3.63) is 98.8 Å². The third-order valence-electron chi connectivity index (χ3n) is 4.41. The lowest BCUT2D eigenvalue weighted by atomic mass is 10.2. The molecule has 0 spiro atoms. The Hall–Kier alpha value is -3.94. The van der Waals surface area contributed by atoms with E-state index in [2.05, 4.69) is 5.32 Å². The minimum atomic E-state index is -0.855. The number of nitrogens with one attached hydrogen (secondary N) is 1. The molecule has 0 aliphatic carbocycles. The predicted octanol–water partition coefficient (Wildman–Crippen LogP) is 1.55. The molecule has 154 valence electrons. The molecule has 3 aromatic rings. The van der Waals surface area contributed by atoms with Crippen LogP contribution in [0.25, 0.3) is 0 Å². The minimum absolute atomic E-state index is 0.258. The van der Waals surface area contributed by atoms with Crippen molar-refractivity contribution in [3.8, 4) is 0 Å². The number of hydrogen-bond donors (Lipinski definition) is 1. The number of anilines is 1. The summed E-state index contributed by atoms with van der Waals surface area (Å²) in [7, 11) is 0. The summed E-state index contributed by atoms with van der Waals surface area (Å²) in [5, 5.41) is 2.64. The first-order valence-electron chi connectivity index (χ1n) is 9.29. The monoisotopic (exact) mass is 407 g/mol. The highest BCUT2D eigenvalue weighted by molar-refractivity contribution is 5.93. The van der Waals surface area contributed by atoms with E-state index in [1.165, 1.54) is 16.8 Å². The van der Waals surface area contributed by atoms with E-state index >= 15 is 0 Å². The second-order valence-electron chi connectivity index (χ2n) is 6.66. The van der Waals surface area contributed by atoms with E-state index in [9.17, 15) is 19.2 Å². The van der Waals surface area contributed by atoms with Gasteiger partial charge in [-0.05, 0) is 24.1 Å². The molecule has 2 aromatic carbocycles. The van der Waals surface area contributed by atoms with Crippen molar-refractivity contribution >= 4 is 17.6 Å². The molecule has 0 saturated carbocycles. The van der Waals surface area contributed by atoms with Gasteiger partial charge in [-0.2, -0.15) is 0 Å². The van der Waals surface area contributed by atoms with Crippen LogP contribution in [0, 0.1) is 6.92 Å². The molecule has 30 heavy (non-hydrogen) atoms. The Bertz CT molecular complexity index is 1170. The van der Waals surface area contributed by atoms with Gasteiger partial charge in [-0.1, -0.05) is 48.5 Å². The molecule has 8 nitrogen and oxygen atoms in total. The first-order valence-corrected chi connectivity index (χ1v) is 9.29. The zero-order valence-corrected chi connectivity index (χ0v) is 16.4. The van der Waals surface area contributed by atoms with Crippen molar-refractivity contribution in [1.29, 1.82) is 0 Å². The number of ether oxygens (including phenoxy) is 1. The van der Waals surface area contributed by atoms with Gasteiger partial charge in [0.1, 0.15) is 6.54 Å². The zero-order valence-electron chi connectivity index (χ0n) is 16.4. The molecule has 0 aliphatic heterocycles. The molecule has 0 radical (unpaired) electrons. The highest BCUT2D eigenvalue weighted by Crippen LogP contribution is 2.12. The van der Waals surface area contributed by atoms with Crippen molar-refractivity contribution in [3.63, 3.8) is 0 Å². The average molecular weight is 407 g/mol. The number of aromatic nitrogens is 2. The summed E-state index contributed by atoms with van der Waals surface area (Å²) in [5.41, 5.74) is 1.10. The highest BCUT2D eigenvalue weighted by atomic mass is 16.5. The van der Waals surface area contributed by atoms with Crippen LogP contribution in [0.1, 0.15) is 11.1 Å². The maximum absolute atomic E-state index is 12.6. The number of carbonyl (C=O) groups is 2. The fraction of sp³-hybridized carbons (Fsp3) is 0.182. The van der Waals surface area contributed by atoms with Gasteiger partial charge in [-0.25, -0.2) is 9.36 Å². The lowest BCUT2D eigenvalue weighted by molar-refractivity contribution is -0.148. The molecule has 1 aromatic heterocycles. The first-order chi connectivity index (χ1) is 14.4. The number of benzene rings is 2. The number of hydrogen-bond acceptors (Lipinski definition) is 5. The fourth-order valence-corrected chi connectivity index (χ4v) is 2.82. The Morgan fingerprint density at radius 1 is 0.967 bits per heavy atom. The van der Waals surface area contributed by atoms with Crippen LogP contribution in [0.2, 0.25) is 0 Å².